The van der Waals surface area contributed by atoms with Crippen LogP contribution in [0.2, 0.25) is 0 Å². The van der Waals surface area contributed by atoms with Gasteiger partial charge in [0.1, 0.15) is 17.6 Å². The van der Waals surface area contributed by atoms with Gasteiger partial charge in [0.25, 0.3) is 0 Å². The summed E-state index contributed by atoms with van der Waals surface area (Å²) in [5, 5.41) is 0. The third-order valence-electron chi connectivity index (χ3n) is 5.53. The van der Waals surface area contributed by atoms with Gasteiger partial charge < -0.3 is 14.2 Å². The maximum atomic E-state index is 13.1. The molecule has 3 aromatic rings. The fourth-order valence-electron chi connectivity index (χ4n) is 4.18. The van der Waals surface area contributed by atoms with Crippen LogP contribution in [0.15, 0.2) is 60.7 Å². The largest absolute Gasteiger partial charge is 0.480 e. The number of anilines is 1. The summed E-state index contributed by atoms with van der Waals surface area (Å²) in [7, 11) is -3.56. The van der Waals surface area contributed by atoms with Crippen molar-refractivity contribution in [3.8, 4) is 22.6 Å². The third kappa shape index (κ3) is 5.93. The molecule has 7 nitrogen and oxygen atoms in total. The zero-order chi connectivity index (χ0) is 25.9. The molecule has 1 unspecified atom stereocenters. The van der Waals surface area contributed by atoms with E-state index in [1.54, 1.807) is 37.3 Å². The lowest BCUT2D eigenvalue weighted by Gasteiger charge is -2.31. The number of ether oxygens (including phenoxy) is 3. The normalized spacial score (nSPS) is 14.4. The molecule has 4 rings (SSSR count). The van der Waals surface area contributed by atoms with Crippen molar-refractivity contribution in [3.63, 3.8) is 0 Å². The van der Waals surface area contributed by atoms with Gasteiger partial charge >= 0.3 is 12.6 Å². The first-order valence-electron chi connectivity index (χ1n) is 11.3. The summed E-state index contributed by atoms with van der Waals surface area (Å²) >= 11 is 0. The second-order valence-corrected chi connectivity index (χ2v) is 9.98. The lowest BCUT2D eigenvalue weighted by molar-refractivity contribution is -0.143. The first kappa shape index (κ1) is 25.4. The summed E-state index contributed by atoms with van der Waals surface area (Å²) in [6, 6.07) is 17.0. The van der Waals surface area contributed by atoms with Crippen molar-refractivity contribution in [1.82, 2.24) is 0 Å². The number of aryl methyl sites for hydroxylation is 1. The maximum absolute atomic E-state index is 13.1. The molecule has 3 aromatic carbocycles. The average molecular weight is 518 g/mol. The molecule has 0 amide bonds. The molecule has 1 heterocycles. The lowest BCUT2D eigenvalue weighted by Crippen LogP contribution is -2.18. The second-order valence-electron chi connectivity index (χ2n) is 8.23. The topological polar surface area (TPSA) is 90.9 Å². The standard InChI is InChI=1S/C26H25F2NO6S/c1-3-33-23(30)13-10-16-6-4-7-17(14-16)25-20-15-18(29-36(2,31)32)11-12-19(20)24-21(34-25)8-5-9-22(24)35-26(27)28/h4-9,11-12,14-15,25-26,29H,3,10,13H2,1-2H3. The molecule has 1 aliphatic rings. The summed E-state index contributed by atoms with van der Waals surface area (Å²) in [6.45, 7) is -0.967. The van der Waals surface area contributed by atoms with Gasteiger partial charge in [-0.15, -0.1) is 0 Å². The summed E-state index contributed by atoms with van der Waals surface area (Å²) in [5.41, 5.74) is 3.45. The Labute approximate surface area is 208 Å². The number of alkyl halides is 2. The van der Waals surface area contributed by atoms with Gasteiger partial charge in [-0.25, -0.2) is 8.42 Å². The summed E-state index contributed by atoms with van der Waals surface area (Å²) in [5.74, 6) is 0.0137. The van der Waals surface area contributed by atoms with E-state index in [1.807, 2.05) is 24.3 Å². The van der Waals surface area contributed by atoms with E-state index in [9.17, 15) is 22.0 Å². The van der Waals surface area contributed by atoms with Crippen LogP contribution < -0.4 is 14.2 Å². The van der Waals surface area contributed by atoms with Gasteiger partial charge in [-0.1, -0.05) is 36.4 Å². The van der Waals surface area contributed by atoms with E-state index in [0.717, 1.165) is 17.4 Å². The third-order valence-corrected chi connectivity index (χ3v) is 6.14. The number of benzene rings is 3. The second kappa shape index (κ2) is 10.5. The Morgan fingerprint density at radius 2 is 1.89 bits per heavy atom. The number of carbonyl (C=O) groups is 1. The number of sulfonamides is 1. The molecule has 0 aromatic heterocycles. The number of fused-ring (bicyclic) bond motifs is 3. The van der Waals surface area contributed by atoms with E-state index >= 15 is 0 Å². The van der Waals surface area contributed by atoms with Crippen molar-refractivity contribution in [2.75, 3.05) is 17.6 Å². The first-order valence-corrected chi connectivity index (χ1v) is 13.1. The van der Waals surface area contributed by atoms with Crippen molar-refractivity contribution < 1.29 is 36.2 Å². The molecule has 1 N–H and O–H groups in total. The van der Waals surface area contributed by atoms with E-state index in [1.165, 1.54) is 6.07 Å². The minimum Gasteiger partial charge on any atom is -0.480 e. The Morgan fingerprint density at radius 1 is 1.11 bits per heavy atom. The maximum Gasteiger partial charge on any atom is 0.387 e. The fraction of sp³-hybridized carbons (Fsp3) is 0.269. The average Bonchev–Trinajstić information content (AvgIpc) is 2.81. The van der Waals surface area contributed by atoms with Crippen LogP contribution in [-0.4, -0.2) is 33.9 Å². The molecule has 0 aliphatic carbocycles. The van der Waals surface area contributed by atoms with Gasteiger partial charge in [0.15, 0.2) is 0 Å². The Balaban J connectivity index is 1.78. The Hall–Kier alpha value is -3.66. The van der Waals surface area contributed by atoms with Crippen LogP contribution >= 0.6 is 0 Å². The van der Waals surface area contributed by atoms with Crippen molar-refractivity contribution in [2.24, 2.45) is 0 Å². The van der Waals surface area contributed by atoms with Gasteiger partial charge in [-0.3, -0.25) is 9.52 Å². The SMILES string of the molecule is CCOC(=O)CCc1cccc(C2Oc3cccc(OC(F)F)c3-c3ccc(NS(C)(=O)=O)cc32)c1. The molecule has 0 fully saturated rings. The molecule has 1 atom stereocenters. The highest BCUT2D eigenvalue weighted by Crippen LogP contribution is 2.49. The zero-order valence-electron chi connectivity index (χ0n) is 19.7. The van der Waals surface area contributed by atoms with E-state index in [4.69, 9.17) is 14.2 Å². The monoisotopic (exact) mass is 517 g/mol. The molecular formula is C26H25F2NO6S. The lowest BCUT2D eigenvalue weighted by atomic mass is 9.88. The minimum atomic E-state index is -3.56. The van der Waals surface area contributed by atoms with E-state index in [0.29, 0.717) is 41.2 Å². The Morgan fingerprint density at radius 3 is 2.61 bits per heavy atom. The van der Waals surface area contributed by atoms with Gasteiger partial charge in [0.2, 0.25) is 10.0 Å². The molecule has 0 spiro atoms. The molecule has 0 radical (unpaired) electrons. The van der Waals surface area contributed by atoms with Crippen molar-refractivity contribution in [1.29, 1.82) is 0 Å². The summed E-state index contributed by atoms with van der Waals surface area (Å²) in [4.78, 5) is 11.8. The number of esters is 1. The predicted molar refractivity (Wildman–Crippen MR) is 131 cm³/mol. The van der Waals surface area contributed by atoms with Crippen LogP contribution in [0.4, 0.5) is 14.5 Å². The first-order chi connectivity index (χ1) is 17.1. The van der Waals surface area contributed by atoms with E-state index in [2.05, 4.69) is 4.72 Å². The van der Waals surface area contributed by atoms with Crippen molar-refractivity contribution in [2.45, 2.75) is 32.5 Å². The van der Waals surface area contributed by atoms with E-state index in [-0.39, 0.29) is 18.1 Å². The van der Waals surface area contributed by atoms with Crippen LogP contribution in [-0.2, 0) is 26.0 Å². The van der Waals surface area contributed by atoms with Gasteiger partial charge in [-0.2, -0.15) is 8.78 Å². The van der Waals surface area contributed by atoms with Crippen LogP contribution in [0.1, 0.15) is 36.1 Å². The zero-order valence-corrected chi connectivity index (χ0v) is 20.5. The smallest absolute Gasteiger partial charge is 0.387 e. The number of halogens is 2. The number of hydrogen-bond donors (Lipinski definition) is 1. The molecule has 10 heteroatoms. The summed E-state index contributed by atoms with van der Waals surface area (Å²) in [6.07, 6.45) is 1.06. The van der Waals surface area contributed by atoms with Crippen LogP contribution in [0.25, 0.3) is 11.1 Å². The fourth-order valence-corrected chi connectivity index (χ4v) is 4.74. The van der Waals surface area contributed by atoms with Crippen LogP contribution in [0.3, 0.4) is 0 Å². The highest BCUT2D eigenvalue weighted by Gasteiger charge is 2.31. The number of carbonyl (C=O) groups excluding carboxylic acids is 1. The molecule has 36 heavy (non-hydrogen) atoms. The summed E-state index contributed by atoms with van der Waals surface area (Å²) < 4.78 is 68.3. The molecule has 0 saturated heterocycles. The molecule has 1 aliphatic heterocycles. The van der Waals surface area contributed by atoms with Crippen LogP contribution in [0, 0.1) is 0 Å². The highest BCUT2D eigenvalue weighted by atomic mass is 32.2. The number of hydrogen-bond acceptors (Lipinski definition) is 6. The van der Waals surface area contributed by atoms with E-state index < -0.39 is 22.7 Å². The Kier molecular flexibility index (Phi) is 7.44. The van der Waals surface area contributed by atoms with Gasteiger partial charge in [0, 0.05) is 17.7 Å². The molecule has 0 bridgehead atoms. The molecule has 190 valence electrons. The quantitative estimate of drug-likeness (QED) is 0.387. The number of nitrogens with one attached hydrogen (secondary N) is 1. The minimum absolute atomic E-state index is 0.0470. The van der Waals surface area contributed by atoms with Gasteiger partial charge in [0.05, 0.1) is 18.4 Å². The molecular weight excluding hydrogens is 492 g/mol. The predicted octanol–water partition coefficient (Wildman–Crippen LogP) is 5.30. The number of rotatable bonds is 9. The molecule has 0 saturated carbocycles. The van der Waals surface area contributed by atoms with Crippen molar-refractivity contribution >= 4 is 21.7 Å². The van der Waals surface area contributed by atoms with Crippen LogP contribution in [0.5, 0.6) is 11.5 Å². The Bertz CT molecular complexity index is 1380. The van der Waals surface area contributed by atoms with Gasteiger partial charge in [-0.05, 0) is 54.3 Å². The van der Waals surface area contributed by atoms with Crippen molar-refractivity contribution in [3.05, 3.63) is 77.4 Å². The highest BCUT2D eigenvalue weighted by molar-refractivity contribution is 7.92.